The van der Waals surface area contributed by atoms with E-state index in [4.69, 9.17) is 9.57 Å². The first kappa shape index (κ1) is 37.6. The summed E-state index contributed by atoms with van der Waals surface area (Å²) in [7, 11) is -4.09. The highest BCUT2D eigenvalue weighted by molar-refractivity contribution is 7.87. The van der Waals surface area contributed by atoms with E-state index < -0.39 is 69.1 Å². The summed E-state index contributed by atoms with van der Waals surface area (Å²) in [5, 5.41) is 10.2. The molecule has 4 fully saturated rings. The molecule has 0 aromatic heterocycles. The van der Waals surface area contributed by atoms with Gasteiger partial charge in [0.05, 0.1) is 6.54 Å². The number of ether oxygens (including phenoxy) is 1. The molecule has 0 spiro atoms. The number of nitrogens with zero attached hydrogens (tertiary/aromatic N) is 3. The van der Waals surface area contributed by atoms with Crippen LogP contribution in [0.4, 0.5) is 4.79 Å². The fraction of sp³-hybridized carbons (Fsp3) is 0.513. The number of carbonyl (C=O) groups is 4. The molecule has 2 heterocycles. The first-order valence-electron chi connectivity index (χ1n) is 18.7. The Hall–Kier alpha value is -4.76. The molecule has 3 N–H and O–H groups in total. The van der Waals surface area contributed by atoms with E-state index in [0.717, 1.165) is 52.2 Å². The SMILES string of the molecule is C=C[C@@H]1C[C@@]1(NC(=O)[C@@H]1C[C@@H](ON=C2c3ccccc3-c3ccccc32)CN1C(=O)[C@@H](NC(=O)OC1CCCC1)C(C)(C)C)C(=O)NS(=O)(=O)N1CCC1. The van der Waals surface area contributed by atoms with Gasteiger partial charge in [0.15, 0.2) is 0 Å². The number of alkyl carbamates (subject to hydrolysis) is 1. The lowest BCUT2D eigenvalue weighted by Gasteiger charge is -2.35. The standard InChI is InChI=1S/C39H48N6O8S/c1-5-24-22-39(24,36(48)43-54(50,51)44-19-12-20-44)41-34(46)31-21-26(53-42-32-29-17-10-8-15-27(29)28-16-9-11-18-30(28)32)23-45(31)35(47)33(38(2,3)4)40-37(49)52-25-13-6-7-14-25/h5,8-11,15-18,24-26,31,33H,1,6-7,12-14,19-23H2,2-4H3,(H,40,49)(H,41,46)(H,43,48)/t24-,26-,31+,33-,39+/m1/s1. The molecule has 2 aliphatic heterocycles. The molecule has 5 atom stereocenters. The number of benzene rings is 2. The fourth-order valence-corrected chi connectivity index (χ4v) is 9.13. The van der Waals surface area contributed by atoms with E-state index in [1.54, 1.807) is 0 Å². The minimum atomic E-state index is -4.09. The zero-order valence-corrected chi connectivity index (χ0v) is 31.7. The zero-order chi connectivity index (χ0) is 38.4. The van der Waals surface area contributed by atoms with E-state index in [-0.39, 0.29) is 25.5 Å². The van der Waals surface area contributed by atoms with Gasteiger partial charge in [0.25, 0.3) is 5.91 Å². The van der Waals surface area contributed by atoms with Crippen LogP contribution < -0.4 is 15.4 Å². The molecule has 54 heavy (non-hydrogen) atoms. The summed E-state index contributed by atoms with van der Waals surface area (Å²) in [5.41, 5.74) is 2.07. The van der Waals surface area contributed by atoms with Crippen LogP contribution in [0.3, 0.4) is 0 Å². The molecule has 4 amide bonds. The number of fused-ring (bicyclic) bond motifs is 3. The van der Waals surface area contributed by atoms with Crippen molar-refractivity contribution in [3.63, 3.8) is 0 Å². The summed E-state index contributed by atoms with van der Waals surface area (Å²) in [5.74, 6) is -2.60. The van der Waals surface area contributed by atoms with Gasteiger partial charge in [-0.2, -0.15) is 12.7 Å². The van der Waals surface area contributed by atoms with E-state index in [0.29, 0.717) is 25.2 Å². The zero-order valence-electron chi connectivity index (χ0n) is 30.9. The minimum Gasteiger partial charge on any atom is -0.446 e. The van der Waals surface area contributed by atoms with Crippen molar-refractivity contribution in [2.75, 3.05) is 19.6 Å². The summed E-state index contributed by atoms with van der Waals surface area (Å²) in [6, 6.07) is 13.5. The molecule has 7 rings (SSSR count). The monoisotopic (exact) mass is 760 g/mol. The van der Waals surface area contributed by atoms with E-state index in [1.165, 1.54) is 11.0 Å². The summed E-state index contributed by atoms with van der Waals surface area (Å²) >= 11 is 0. The lowest BCUT2D eigenvalue weighted by molar-refractivity contribution is -0.143. The van der Waals surface area contributed by atoms with E-state index in [9.17, 15) is 27.6 Å². The second kappa shape index (κ2) is 14.5. The van der Waals surface area contributed by atoms with Crippen molar-refractivity contribution < 1.29 is 37.2 Å². The molecule has 15 heteroatoms. The Morgan fingerprint density at radius 3 is 2.09 bits per heavy atom. The van der Waals surface area contributed by atoms with Gasteiger partial charge in [0.2, 0.25) is 11.8 Å². The van der Waals surface area contributed by atoms with E-state index >= 15 is 0 Å². The third-order valence-electron chi connectivity index (χ3n) is 11.2. The maximum absolute atomic E-state index is 14.6. The van der Waals surface area contributed by atoms with Crippen LogP contribution in [0.1, 0.15) is 76.8 Å². The Bertz CT molecular complexity index is 1940. The van der Waals surface area contributed by atoms with Crippen molar-refractivity contribution in [3.8, 4) is 11.1 Å². The largest absolute Gasteiger partial charge is 0.446 e. The van der Waals surface area contributed by atoms with Crippen molar-refractivity contribution in [2.24, 2.45) is 16.5 Å². The molecule has 0 unspecified atom stereocenters. The first-order chi connectivity index (χ1) is 25.7. The first-order valence-corrected chi connectivity index (χ1v) is 20.1. The third kappa shape index (κ3) is 7.22. The van der Waals surface area contributed by atoms with Gasteiger partial charge in [0.1, 0.15) is 35.5 Å². The average molecular weight is 761 g/mol. The third-order valence-corrected chi connectivity index (χ3v) is 12.7. The van der Waals surface area contributed by atoms with Crippen molar-refractivity contribution in [1.29, 1.82) is 0 Å². The molecule has 0 bridgehead atoms. The number of amides is 4. The molecular formula is C39H48N6O8S. The molecule has 0 radical (unpaired) electrons. The fourth-order valence-electron chi connectivity index (χ4n) is 7.85. The Morgan fingerprint density at radius 1 is 0.944 bits per heavy atom. The molecule has 288 valence electrons. The van der Waals surface area contributed by atoms with E-state index in [1.807, 2.05) is 69.3 Å². The topological polar surface area (TPSA) is 176 Å². The Morgan fingerprint density at radius 2 is 1.56 bits per heavy atom. The van der Waals surface area contributed by atoms with Gasteiger partial charge in [-0.1, -0.05) is 80.5 Å². The van der Waals surface area contributed by atoms with Gasteiger partial charge < -0.3 is 25.1 Å². The van der Waals surface area contributed by atoms with E-state index in [2.05, 4.69) is 27.1 Å². The molecule has 5 aliphatic rings. The predicted octanol–water partition coefficient (Wildman–Crippen LogP) is 3.62. The molecular weight excluding hydrogens is 713 g/mol. The number of hydrogen-bond donors (Lipinski definition) is 3. The van der Waals surface area contributed by atoms with Crippen LogP contribution in [0.15, 0.2) is 66.3 Å². The van der Waals surface area contributed by atoms with Crippen LogP contribution in [0.5, 0.6) is 0 Å². The second-order valence-electron chi connectivity index (χ2n) is 16.0. The Balaban J connectivity index is 1.15. The lowest BCUT2D eigenvalue weighted by Crippen LogP contribution is -2.61. The lowest BCUT2D eigenvalue weighted by atomic mass is 9.85. The summed E-state index contributed by atoms with van der Waals surface area (Å²) < 4.78 is 34.6. The van der Waals surface area contributed by atoms with Crippen LogP contribution in [0, 0.1) is 11.3 Å². The van der Waals surface area contributed by atoms with Crippen LogP contribution >= 0.6 is 0 Å². The number of oxime groups is 1. The molecule has 14 nitrogen and oxygen atoms in total. The number of nitrogens with one attached hydrogen (secondary N) is 3. The number of likely N-dealkylation sites (tertiary alicyclic amines) is 1. The predicted molar refractivity (Wildman–Crippen MR) is 200 cm³/mol. The van der Waals surface area contributed by atoms with Crippen LogP contribution in [-0.2, 0) is 34.2 Å². The summed E-state index contributed by atoms with van der Waals surface area (Å²) in [6.45, 7) is 9.76. The second-order valence-corrected chi connectivity index (χ2v) is 17.6. The number of hydrogen-bond acceptors (Lipinski definition) is 9. The van der Waals surface area contributed by atoms with Gasteiger partial charge in [0, 0.05) is 36.6 Å². The molecule has 2 aromatic rings. The van der Waals surface area contributed by atoms with Crippen molar-refractivity contribution >= 4 is 39.7 Å². The van der Waals surface area contributed by atoms with Crippen LogP contribution in [0.2, 0.25) is 0 Å². The normalized spacial score (nSPS) is 25.4. The van der Waals surface area contributed by atoms with Crippen molar-refractivity contribution in [3.05, 3.63) is 72.3 Å². The van der Waals surface area contributed by atoms with Gasteiger partial charge in [-0.05, 0) is 55.1 Å². The van der Waals surface area contributed by atoms with Crippen LogP contribution in [-0.4, -0.2) is 96.6 Å². The number of carbonyl (C=O) groups excluding carboxylic acids is 4. The maximum atomic E-state index is 14.6. The quantitative estimate of drug-likeness (QED) is 0.196. The van der Waals surface area contributed by atoms with Crippen molar-refractivity contribution in [1.82, 2.24) is 24.6 Å². The van der Waals surface area contributed by atoms with Gasteiger partial charge in [-0.3, -0.25) is 14.4 Å². The highest BCUT2D eigenvalue weighted by Crippen LogP contribution is 2.45. The highest BCUT2D eigenvalue weighted by Gasteiger charge is 2.62. The maximum Gasteiger partial charge on any atom is 0.408 e. The molecule has 3 aliphatic carbocycles. The summed E-state index contributed by atoms with van der Waals surface area (Å²) in [6.07, 6.45) is 4.10. The molecule has 2 aromatic carbocycles. The number of rotatable bonds is 11. The highest BCUT2D eigenvalue weighted by atomic mass is 32.2. The summed E-state index contributed by atoms with van der Waals surface area (Å²) in [4.78, 5) is 63.1. The van der Waals surface area contributed by atoms with Gasteiger partial charge >= 0.3 is 16.3 Å². The minimum absolute atomic E-state index is 0.0174. The molecule has 2 saturated heterocycles. The average Bonchev–Trinajstić information content (AvgIpc) is 3.42. The smallest absolute Gasteiger partial charge is 0.408 e. The molecule has 2 saturated carbocycles. The van der Waals surface area contributed by atoms with Gasteiger partial charge in [-0.25, -0.2) is 9.52 Å². The Labute approximate surface area is 315 Å². The van der Waals surface area contributed by atoms with Gasteiger partial charge in [-0.15, -0.1) is 6.58 Å². The van der Waals surface area contributed by atoms with Crippen LogP contribution in [0.25, 0.3) is 11.1 Å². The Kier molecular flexibility index (Phi) is 10.1. The van der Waals surface area contributed by atoms with Crippen molar-refractivity contribution in [2.45, 2.75) is 95.5 Å².